The molecule has 3 aliphatic rings. The van der Waals surface area contributed by atoms with Crippen LogP contribution in [-0.4, -0.2) is 38.9 Å². The zero-order valence-corrected chi connectivity index (χ0v) is 12.6. The molecule has 3 fully saturated rings. The molecule has 114 valence electrons. The second-order valence-corrected chi connectivity index (χ2v) is 7.04. The molecule has 0 N–H and O–H groups in total. The smallest absolute Gasteiger partial charge is 0.222 e. The lowest BCUT2D eigenvalue weighted by Gasteiger charge is -2.39. The molecule has 21 heavy (non-hydrogen) atoms. The van der Waals surface area contributed by atoms with Crippen LogP contribution in [-0.2, 0) is 4.79 Å². The van der Waals surface area contributed by atoms with Gasteiger partial charge in [0.05, 0.1) is 11.7 Å². The van der Waals surface area contributed by atoms with Crippen molar-refractivity contribution in [1.29, 1.82) is 0 Å². The monoisotopic (exact) mass is 288 g/mol. The van der Waals surface area contributed by atoms with Gasteiger partial charge in [0, 0.05) is 31.6 Å². The van der Waals surface area contributed by atoms with Gasteiger partial charge in [-0.15, -0.1) is 5.10 Å². The molecule has 0 radical (unpaired) electrons. The van der Waals surface area contributed by atoms with Crippen molar-refractivity contribution in [2.24, 2.45) is 5.92 Å². The van der Waals surface area contributed by atoms with E-state index in [2.05, 4.69) is 16.5 Å². The minimum Gasteiger partial charge on any atom is -0.338 e. The van der Waals surface area contributed by atoms with Gasteiger partial charge in [-0.3, -0.25) is 4.79 Å². The molecule has 5 heteroatoms. The third-order valence-corrected chi connectivity index (χ3v) is 5.35. The van der Waals surface area contributed by atoms with Gasteiger partial charge >= 0.3 is 0 Å². The van der Waals surface area contributed by atoms with Gasteiger partial charge in [0.2, 0.25) is 5.91 Å². The maximum atomic E-state index is 12.2. The molecular formula is C16H24N4O. The lowest BCUT2D eigenvalue weighted by atomic mass is 10.00. The van der Waals surface area contributed by atoms with E-state index in [-0.39, 0.29) is 0 Å². The highest BCUT2D eigenvalue weighted by atomic mass is 16.2. The van der Waals surface area contributed by atoms with Crippen LogP contribution in [0.1, 0.15) is 69.0 Å². The van der Waals surface area contributed by atoms with Crippen molar-refractivity contribution in [2.75, 3.05) is 13.1 Å². The predicted octanol–water partition coefficient (Wildman–Crippen LogP) is 2.51. The summed E-state index contributed by atoms with van der Waals surface area (Å²) in [5.74, 6) is 1.80. The highest BCUT2D eigenvalue weighted by Crippen LogP contribution is 2.39. The van der Waals surface area contributed by atoms with E-state index >= 15 is 0 Å². The summed E-state index contributed by atoms with van der Waals surface area (Å²) < 4.78 is 1.97. The van der Waals surface area contributed by atoms with Crippen LogP contribution < -0.4 is 0 Å². The van der Waals surface area contributed by atoms with Crippen molar-refractivity contribution in [1.82, 2.24) is 19.9 Å². The number of carbonyl (C=O) groups is 1. The molecule has 0 atom stereocenters. The van der Waals surface area contributed by atoms with E-state index in [9.17, 15) is 4.79 Å². The number of likely N-dealkylation sites (tertiary alicyclic amines) is 1. The Hall–Kier alpha value is -1.39. The lowest BCUT2D eigenvalue weighted by molar-refractivity contribution is -0.137. The summed E-state index contributed by atoms with van der Waals surface area (Å²) in [5, 5.41) is 8.48. The van der Waals surface area contributed by atoms with E-state index < -0.39 is 0 Å². The number of aromatic nitrogens is 3. The summed E-state index contributed by atoms with van der Waals surface area (Å²) in [5.41, 5.74) is 1.14. The van der Waals surface area contributed by atoms with Gasteiger partial charge in [-0.2, -0.15) is 0 Å². The first kappa shape index (κ1) is 13.3. The molecule has 0 bridgehead atoms. The van der Waals surface area contributed by atoms with Crippen LogP contribution in [0.25, 0.3) is 0 Å². The molecule has 1 saturated heterocycles. The molecule has 1 aromatic heterocycles. The van der Waals surface area contributed by atoms with E-state index in [1.54, 1.807) is 0 Å². The van der Waals surface area contributed by atoms with Crippen LogP contribution in [0.15, 0.2) is 6.20 Å². The Morgan fingerprint density at radius 2 is 1.95 bits per heavy atom. The fraction of sp³-hybridized carbons (Fsp3) is 0.812. The van der Waals surface area contributed by atoms with Gasteiger partial charge < -0.3 is 4.90 Å². The van der Waals surface area contributed by atoms with Crippen molar-refractivity contribution in [3.63, 3.8) is 0 Å². The highest BCUT2D eigenvalue weighted by Gasteiger charge is 2.34. The van der Waals surface area contributed by atoms with Crippen molar-refractivity contribution < 1.29 is 4.79 Å². The molecule has 1 aliphatic heterocycles. The van der Waals surface area contributed by atoms with Crippen LogP contribution in [0.2, 0.25) is 0 Å². The number of amides is 1. The van der Waals surface area contributed by atoms with Crippen LogP contribution in [0, 0.1) is 5.92 Å². The minimum atomic E-state index is 0.334. The van der Waals surface area contributed by atoms with Crippen molar-refractivity contribution >= 4 is 5.91 Å². The summed E-state index contributed by atoms with van der Waals surface area (Å²) in [7, 11) is 0. The van der Waals surface area contributed by atoms with Gasteiger partial charge in [-0.05, 0) is 25.2 Å². The fourth-order valence-corrected chi connectivity index (χ4v) is 3.65. The number of rotatable bonds is 5. The van der Waals surface area contributed by atoms with Crippen LogP contribution in [0.4, 0.5) is 0 Å². The van der Waals surface area contributed by atoms with Gasteiger partial charge in [-0.1, -0.05) is 30.9 Å². The van der Waals surface area contributed by atoms with E-state index in [0.717, 1.165) is 37.5 Å². The van der Waals surface area contributed by atoms with Gasteiger partial charge in [0.1, 0.15) is 0 Å². The van der Waals surface area contributed by atoms with Gasteiger partial charge in [0.25, 0.3) is 0 Å². The van der Waals surface area contributed by atoms with Crippen LogP contribution in [0.3, 0.4) is 0 Å². The third kappa shape index (κ3) is 2.83. The molecule has 2 aliphatic carbocycles. The average molecular weight is 288 g/mol. The standard InChI is InChI=1S/C16H24N4O/c21-16(8-5-12-3-1-2-4-12)19-9-14(10-19)20-11-15(17-18-20)13-6-7-13/h11-14H,1-10H2. The Labute approximate surface area is 125 Å². The molecule has 4 rings (SSSR count). The normalized spacial score (nSPS) is 23.5. The van der Waals surface area contributed by atoms with E-state index in [4.69, 9.17) is 0 Å². The largest absolute Gasteiger partial charge is 0.338 e. The fourth-order valence-electron chi connectivity index (χ4n) is 3.65. The molecule has 2 saturated carbocycles. The topological polar surface area (TPSA) is 51.0 Å². The Balaban J connectivity index is 1.23. The molecule has 2 heterocycles. The number of hydrogen-bond acceptors (Lipinski definition) is 3. The molecule has 5 nitrogen and oxygen atoms in total. The first-order valence-electron chi connectivity index (χ1n) is 8.49. The summed E-state index contributed by atoms with van der Waals surface area (Å²) in [4.78, 5) is 14.1. The van der Waals surface area contributed by atoms with Crippen molar-refractivity contribution in [3.8, 4) is 0 Å². The quantitative estimate of drug-likeness (QED) is 0.836. The molecule has 0 spiro atoms. The Morgan fingerprint density at radius 3 is 2.67 bits per heavy atom. The van der Waals surface area contributed by atoms with Gasteiger partial charge in [0.15, 0.2) is 0 Å². The van der Waals surface area contributed by atoms with Crippen molar-refractivity contribution in [2.45, 2.75) is 63.3 Å². The summed E-state index contributed by atoms with van der Waals surface area (Å²) in [6, 6.07) is 0.348. The third-order valence-electron chi connectivity index (χ3n) is 5.35. The Kier molecular flexibility index (Phi) is 3.43. The number of carbonyl (C=O) groups excluding carboxylic acids is 1. The summed E-state index contributed by atoms with van der Waals surface area (Å²) >= 11 is 0. The van der Waals surface area contributed by atoms with E-state index in [1.165, 1.54) is 38.5 Å². The Bertz CT molecular complexity index is 510. The molecular weight excluding hydrogens is 264 g/mol. The first-order valence-corrected chi connectivity index (χ1v) is 8.49. The molecule has 1 aromatic rings. The molecule has 0 aromatic carbocycles. The second kappa shape index (κ2) is 5.43. The average Bonchev–Trinajstić information content (AvgIpc) is 2.97. The zero-order valence-electron chi connectivity index (χ0n) is 12.6. The number of nitrogens with zero attached hydrogens (tertiary/aromatic N) is 4. The SMILES string of the molecule is O=C(CCC1CCCC1)N1CC(n2cc(C3CC3)nn2)C1. The maximum absolute atomic E-state index is 12.2. The molecule has 0 unspecified atom stereocenters. The zero-order chi connectivity index (χ0) is 14.2. The second-order valence-electron chi connectivity index (χ2n) is 7.04. The lowest BCUT2D eigenvalue weighted by Crippen LogP contribution is -2.50. The van der Waals surface area contributed by atoms with Crippen LogP contribution >= 0.6 is 0 Å². The summed E-state index contributed by atoms with van der Waals surface area (Å²) in [6.45, 7) is 1.63. The first-order chi connectivity index (χ1) is 10.3. The predicted molar refractivity (Wildman–Crippen MR) is 78.8 cm³/mol. The van der Waals surface area contributed by atoms with E-state index in [0.29, 0.717) is 17.9 Å². The van der Waals surface area contributed by atoms with E-state index in [1.807, 2.05) is 9.58 Å². The minimum absolute atomic E-state index is 0.334. The maximum Gasteiger partial charge on any atom is 0.222 e. The molecule has 1 amide bonds. The summed E-state index contributed by atoms with van der Waals surface area (Å²) in [6.07, 6.45) is 11.8. The van der Waals surface area contributed by atoms with Gasteiger partial charge in [-0.25, -0.2) is 4.68 Å². The van der Waals surface area contributed by atoms with Crippen molar-refractivity contribution in [3.05, 3.63) is 11.9 Å². The number of hydrogen-bond donors (Lipinski definition) is 0. The Morgan fingerprint density at radius 1 is 1.19 bits per heavy atom. The van der Waals surface area contributed by atoms with Crippen LogP contribution in [0.5, 0.6) is 0 Å². The highest BCUT2D eigenvalue weighted by molar-refractivity contribution is 5.77.